The van der Waals surface area contributed by atoms with Gasteiger partial charge in [-0.3, -0.25) is 9.59 Å². The first kappa shape index (κ1) is 18.0. The lowest BCUT2D eigenvalue weighted by molar-refractivity contribution is -0.143. The largest absolute Gasteiger partial charge is 0.336 e. The molecule has 1 atom stereocenters. The van der Waals surface area contributed by atoms with Crippen LogP contribution in [0.3, 0.4) is 0 Å². The molecule has 0 radical (unpaired) electrons. The van der Waals surface area contributed by atoms with E-state index < -0.39 is 0 Å². The Kier molecular flexibility index (Phi) is 4.66. The smallest absolute Gasteiger partial charge is 0.270 e. The molecule has 6 heteroatoms. The highest BCUT2D eigenvalue weighted by Gasteiger charge is 2.35. The minimum Gasteiger partial charge on any atom is -0.336 e. The number of amides is 2. The average molecular weight is 362 g/mol. The number of hydrogen-bond donors (Lipinski definition) is 0. The van der Waals surface area contributed by atoms with E-state index in [9.17, 15) is 9.59 Å². The SMILES string of the molecule is CCn1c(C(=O)N2CCN(C(=O)C(C)(C)C)C(C)C2)cc2ccsc21. The summed E-state index contributed by atoms with van der Waals surface area (Å²) in [5, 5.41) is 3.19. The van der Waals surface area contributed by atoms with Crippen molar-refractivity contribution in [2.24, 2.45) is 5.41 Å². The number of carbonyl (C=O) groups excluding carboxylic acids is 2. The van der Waals surface area contributed by atoms with Crippen LogP contribution in [0.25, 0.3) is 10.2 Å². The molecule has 2 amide bonds. The second-order valence-corrected chi connectivity index (χ2v) is 8.70. The van der Waals surface area contributed by atoms with Gasteiger partial charge < -0.3 is 14.4 Å². The van der Waals surface area contributed by atoms with E-state index in [0.29, 0.717) is 19.6 Å². The summed E-state index contributed by atoms with van der Waals surface area (Å²) in [7, 11) is 0. The van der Waals surface area contributed by atoms with Crippen LogP contribution in [0.1, 0.15) is 45.1 Å². The summed E-state index contributed by atoms with van der Waals surface area (Å²) in [6.45, 7) is 12.5. The van der Waals surface area contributed by atoms with Gasteiger partial charge in [-0.25, -0.2) is 0 Å². The maximum Gasteiger partial charge on any atom is 0.270 e. The number of fused-ring (bicyclic) bond motifs is 1. The summed E-state index contributed by atoms with van der Waals surface area (Å²) in [6, 6.07) is 4.09. The van der Waals surface area contributed by atoms with Gasteiger partial charge in [-0.05, 0) is 31.4 Å². The molecule has 1 aliphatic rings. The van der Waals surface area contributed by atoms with Gasteiger partial charge in [-0.1, -0.05) is 20.8 Å². The Labute approximate surface area is 153 Å². The van der Waals surface area contributed by atoms with Crippen LogP contribution in [0.5, 0.6) is 0 Å². The van der Waals surface area contributed by atoms with Crippen molar-refractivity contribution >= 4 is 33.4 Å². The fourth-order valence-electron chi connectivity index (χ4n) is 3.50. The Hall–Kier alpha value is -1.82. The third kappa shape index (κ3) is 3.19. The predicted molar refractivity (Wildman–Crippen MR) is 102 cm³/mol. The molecule has 1 fully saturated rings. The highest BCUT2D eigenvalue weighted by molar-refractivity contribution is 7.16. The first-order valence-corrected chi connectivity index (χ1v) is 9.79. The average Bonchev–Trinajstić information content (AvgIpc) is 3.12. The fourth-order valence-corrected chi connectivity index (χ4v) is 4.46. The molecule has 25 heavy (non-hydrogen) atoms. The molecule has 3 heterocycles. The molecule has 0 aliphatic carbocycles. The Morgan fingerprint density at radius 2 is 2.00 bits per heavy atom. The molecule has 0 aromatic carbocycles. The highest BCUT2D eigenvalue weighted by Crippen LogP contribution is 2.27. The summed E-state index contributed by atoms with van der Waals surface area (Å²) in [4.78, 5) is 30.6. The number of thiophene rings is 1. The maximum atomic E-state index is 13.1. The lowest BCUT2D eigenvalue weighted by atomic mass is 9.93. The van der Waals surface area contributed by atoms with Crippen molar-refractivity contribution in [1.29, 1.82) is 0 Å². The summed E-state index contributed by atoms with van der Waals surface area (Å²) in [5.74, 6) is 0.226. The van der Waals surface area contributed by atoms with Gasteiger partial charge in [0.25, 0.3) is 5.91 Å². The van der Waals surface area contributed by atoms with E-state index in [2.05, 4.69) is 22.9 Å². The predicted octanol–water partition coefficient (Wildman–Crippen LogP) is 3.44. The number of aromatic nitrogens is 1. The molecule has 0 spiro atoms. The van der Waals surface area contributed by atoms with E-state index in [1.165, 1.54) is 0 Å². The van der Waals surface area contributed by atoms with Crippen LogP contribution < -0.4 is 0 Å². The molecule has 2 aromatic heterocycles. The summed E-state index contributed by atoms with van der Waals surface area (Å²) in [6.07, 6.45) is 0. The van der Waals surface area contributed by atoms with Gasteiger partial charge in [0.05, 0.1) is 0 Å². The van der Waals surface area contributed by atoms with Gasteiger partial charge >= 0.3 is 0 Å². The van der Waals surface area contributed by atoms with E-state index in [-0.39, 0.29) is 23.3 Å². The van der Waals surface area contributed by atoms with Crippen molar-refractivity contribution in [3.05, 3.63) is 23.2 Å². The molecule has 5 nitrogen and oxygen atoms in total. The quantitative estimate of drug-likeness (QED) is 0.822. The van der Waals surface area contributed by atoms with Crippen molar-refractivity contribution < 1.29 is 9.59 Å². The third-order valence-electron chi connectivity index (χ3n) is 4.85. The zero-order valence-corrected chi connectivity index (χ0v) is 16.5. The van der Waals surface area contributed by atoms with E-state index in [0.717, 1.165) is 22.5 Å². The number of aryl methyl sites for hydroxylation is 1. The second kappa shape index (κ2) is 6.48. The molecule has 136 valence electrons. The van der Waals surface area contributed by atoms with E-state index >= 15 is 0 Å². The van der Waals surface area contributed by atoms with Gasteiger partial charge in [0.15, 0.2) is 0 Å². The molecule has 0 saturated carbocycles. The van der Waals surface area contributed by atoms with Crippen LogP contribution in [0.2, 0.25) is 0 Å². The topological polar surface area (TPSA) is 45.6 Å². The second-order valence-electron chi connectivity index (χ2n) is 7.80. The zero-order valence-electron chi connectivity index (χ0n) is 15.7. The van der Waals surface area contributed by atoms with Crippen molar-refractivity contribution in [2.75, 3.05) is 19.6 Å². The molecule has 0 bridgehead atoms. The molecular weight excluding hydrogens is 334 g/mol. The minimum absolute atomic E-state index is 0.0376. The lowest BCUT2D eigenvalue weighted by Crippen LogP contribution is -2.57. The van der Waals surface area contributed by atoms with Crippen molar-refractivity contribution in [1.82, 2.24) is 14.4 Å². The van der Waals surface area contributed by atoms with Crippen LogP contribution in [-0.2, 0) is 11.3 Å². The molecule has 2 aromatic rings. The van der Waals surface area contributed by atoms with Crippen LogP contribution in [-0.4, -0.2) is 51.9 Å². The molecule has 1 aliphatic heterocycles. The lowest BCUT2D eigenvalue weighted by Gasteiger charge is -2.42. The molecule has 3 rings (SSSR count). The number of hydrogen-bond acceptors (Lipinski definition) is 3. The standard InChI is InChI=1S/C19H27N3O2S/c1-6-21-15(11-14-7-10-25-17(14)21)16(23)20-8-9-22(13(2)12-20)18(24)19(3,4)5/h7,10-11,13H,6,8-9,12H2,1-5H3. The van der Waals surface area contributed by atoms with Crippen LogP contribution in [0.4, 0.5) is 0 Å². The van der Waals surface area contributed by atoms with Crippen molar-refractivity contribution in [3.63, 3.8) is 0 Å². The van der Waals surface area contributed by atoms with Crippen molar-refractivity contribution in [3.8, 4) is 0 Å². The molecule has 1 saturated heterocycles. The van der Waals surface area contributed by atoms with Gasteiger partial charge in [-0.15, -0.1) is 11.3 Å². The molecule has 1 unspecified atom stereocenters. The molecular formula is C19H27N3O2S. The van der Waals surface area contributed by atoms with Crippen LogP contribution in [0.15, 0.2) is 17.5 Å². The van der Waals surface area contributed by atoms with Crippen LogP contribution >= 0.6 is 11.3 Å². The Morgan fingerprint density at radius 3 is 2.60 bits per heavy atom. The van der Waals surface area contributed by atoms with Crippen LogP contribution in [0, 0.1) is 5.41 Å². The molecule has 0 N–H and O–H groups in total. The Bertz CT molecular complexity index is 799. The van der Waals surface area contributed by atoms with Gasteiger partial charge in [0, 0.05) is 43.0 Å². The van der Waals surface area contributed by atoms with Gasteiger partial charge in [0.1, 0.15) is 10.5 Å². The zero-order chi connectivity index (χ0) is 18.4. The minimum atomic E-state index is -0.387. The van der Waals surface area contributed by atoms with Crippen molar-refractivity contribution in [2.45, 2.75) is 47.2 Å². The third-order valence-corrected chi connectivity index (χ3v) is 5.81. The number of piperazine rings is 1. The summed E-state index contributed by atoms with van der Waals surface area (Å²) < 4.78 is 2.10. The first-order chi connectivity index (χ1) is 11.7. The Morgan fingerprint density at radius 1 is 1.28 bits per heavy atom. The number of nitrogens with zero attached hydrogens (tertiary/aromatic N) is 3. The monoisotopic (exact) mass is 361 g/mol. The normalized spacial score (nSPS) is 18.8. The number of rotatable bonds is 2. The van der Waals surface area contributed by atoms with E-state index in [4.69, 9.17) is 0 Å². The number of carbonyl (C=O) groups is 2. The Balaban J connectivity index is 1.78. The summed E-state index contributed by atoms with van der Waals surface area (Å²) in [5.41, 5.74) is 0.369. The maximum absolute atomic E-state index is 13.1. The summed E-state index contributed by atoms with van der Waals surface area (Å²) >= 11 is 1.67. The van der Waals surface area contributed by atoms with Gasteiger partial charge in [-0.2, -0.15) is 0 Å². The van der Waals surface area contributed by atoms with Gasteiger partial charge in [0.2, 0.25) is 5.91 Å². The first-order valence-electron chi connectivity index (χ1n) is 8.91. The highest BCUT2D eigenvalue weighted by atomic mass is 32.1. The fraction of sp³-hybridized carbons (Fsp3) is 0.579. The van der Waals surface area contributed by atoms with E-state index in [1.54, 1.807) is 11.3 Å². The van der Waals surface area contributed by atoms with E-state index in [1.807, 2.05) is 43.6 Å².